The molecule has 0 amide bonds. The van der Waals surface area contributed by atoms with E-state index in [1.165, 1.54) is 4.31 Å². The maximum atomic E-state index is 12.8. The number of rotatable bonds is 4. The molecule has 1 aliphatic heterocycles. The lowest BCUT2D eigenvalue weighted by molar-refractivity contribution is -0.137. The Hall–Kier alpha value is -1.40. The van der Waals surface area contributed by atoms with Crippen molar-refractivity contribution < 1.29 is 18.3 Å². The summed E-state index contributed by atoms with van der Waals surface area (Å²) in [6.07, 6.45) is 0.632. The zero-order chi connectivity index (χ0) is 15.8. The summed E-state index contributed by atoms with van der Waals surface area (Å²) in [4.78, 5) is 11.1. The molecule has 1 atom stereocenters. The van der Waals surface area contributed by atoms with Crippen LogP contribution in [0.25, 0.3) is 0 Å². The van der Waals surface area contributed by atoms with Gasteiger partial charge in [0, 0.05) is 19.5 Å². The number of carbonyl (C=O) groups is 1. The fourth-order valence-corrected chi connectivity index (χ4v) is 5.07. The smallest absolute Gasteiger partial charge is 0.303 e. The number of aliphatic carboxylic acids is 1. The number of nitrogens with zero attached hydrogens (tertiary/aromatic N) is 1. The van der Waals surface area contributed by atoms with E-state index in [2.05, 4.69) is 0 Å². The summed E-state index contributed by atoms with van der Waals surface area (Å²) in [5, 5.41) is 8.83. The lowest BCUT2D eigenvalue weighted by Gasteiger charge is -2.20. The summed E-state index contributed by atoms with van der Waals surface area (Å²) < 4.78 is 27.0. The molecule has 1 heterocycles. The molecule has 0 aliphatic carbocycles. The van der Waals surface area contributed by atoms with Crippen molar-refractivity contribution in [3.63, 3.8) is 0 Å². The molecule has 21 heavy (non-hydrogen) atoms. The Morgan fingerprint density at radius 3 is 2.38 bits per heavy atom. The van der Waals surface area contributed by atoms with E-state index in [1.54, 1.807) is 13.8 Å². The molecular formula is C15H21NO4S. The first-order valence-corrected chi connectivity index (χ1v) is 8.45. The minimum absolute atomic E-state index is 0.0257. The van der Waals surface area contributed by atoms with E-state index < -0.39 is 16.0 Å². The first kappa shape index (κ1) is 16.0. The molecular weight excluding hydrogens is 290 g/mol. The molecule has 1 aromatic rings. The van der Waals surface area contributed by atoms with Crippen LogP contribution in [0.4, 0.5) is 0 Å². The summed E-state index contributed by atoms with van der Waals surface area (Å²) in [7, 11) is -3.55. The Labute approximate surface area is 125 Å². The molecule has 1 fully saturated rings. The summed E-state index contributed by atoms with van der Waals surface area (Å²) >= 11 is 0. The average Bonchev–Trinajstić information content (AvgIpc) is 2.75. The highest BCUT2D eigenvalue weighted by Crippen LogP contribution is 2.30. The predicted octanol–water partition coefficient (Wildman–Crippen LogP) is 2.10. The number of benzene rings is 1. The fourth-order valence-electron chi connectivity index (χ4n) is 3.13. The van der Waals surface area contributed by atoms with Crippen LogP contribution in [0, 0.1) is 26.7 Å². The quantitative estimate of drug-likeness (QED) is 0.924. The van der Waals surface area contributed by atoms with Gasteiger partial charge in [-0.15, -0.1) is 0 Å². The minimum Gasteiger partial charge on any atom is -0.481 e. The van der Waals surface area contributed by atoms with Gasteiger partial charge in [0.1, 0.15) is 0 Å². The van der Waals surface area contributed by atoms with E-state index in [9.17, 15) is 13.2 Å². The standard InChI is InChI=1S/C15H21NO4S/c1-10-6-11(2)15(12(3)7-10)21(19,20)16-5-4-13(9-16)8-14(17)18/h6-7,13H,4-5,8-9H2,1-3H3,(H,17,18). The van der Waals surface area contributed by atoms with Gasteiger partial charge in [-0.25, -0.2) is 8.42 Å². The summed E-state index contributed by atoms with van der Waals surface area (Å²) in [6, 6.07) is 3.73. The molecule has 0 bridgehead atoms. The van der Waals surface area contributed by atoms with Crippen LogP contribution in [0.3, 0.4) is 0 Å². The second-order valence-electron chi connectivity index (χ2n) is 5.84. The van der Waals surface area contributed by atoms with Crippen molar-refractivity contribution in [2.24, 2.45) is 5.92 Å². The van der Waals surface area contributed by atoms with E-state index in [1.807, 2.05) is 19.1 Å². The average molecular weight is 311 g/mol. The zero-order valence-electron chi connectivity index (χ0n) is 12.6. The van der Waals surface area contributed by atoms with Crippen molar-refractivity contribution in [1.29, 1.82) is 0 Å². The van der Waals surface area contributed by atoms with Crippen molar-refractivity contribution in [2.45, 2.75) is 38.5 Å². The molecule has 0 saturated carbocycles. The van der Waals surface area contributed by atoms with E-state index >= 15 is 0 Å². The van der Waals surface area contributed by atoms with Crippen molar-refractivity contribution in [3.05, 3.63) is 28.8 Å². The van der Waals surface area contributed by atoms with Gasteiger partial charge in [0.25, 0.3) is 0 Å². The van der Waals surface area contributed by atoms with Crippen molar-refractivity contribution >= 4 is 16.0 Å². The third kappa shape index (κ3) is 3.27. The number of sulfonamides is 1. The minimum atomic E-state index is -3.55. The molecule has 1 unspecified atom stereocenters. The van der Waals surface area contributed by atoms with Gasteiger partial charge < -0.3 is 5.11 Å². The van der Waals surface area contributed by atoms with Gasteiger partial charge in [-0.1, -0.05) is 17.7 Å². The largest absolute Gasteiger partial charge is 0.481 e. The Balaban J connectivity index is 2.30. The number of carboxylic acid groups (broad SMARTS) is 1. The number of hydrogen-bond donors (Lipinski definition) is 1. The third-order valence-corrected chi connectivity index (χ3v) is 6.09. The lowest BCUT2D eigenvalue weighted by Crippen LogP contribution is -2.30. The number of aryl methyl sites for hydroxylation is 3. The first-order valence-electron chi connectivity index (χ1n) is 7.01. The van der Waals surface area contributed by atoms with Gasteiger partial charge in [0.15, 0.2) is 0 Å². The molecule has 0 aromatic heterocycles. The second-order valence-corrected chi connectivity index (χ2v) is 7.72. The summed E-state index contributed by atoms with van der Waals surface area (Å²) in [5.41, 5.74) is 2.53. The molecule has 1 saturated heterocycles. The molecule has 6 heteroatoms. The van der Waals surface area contributed by atoms with Crippen molar-refractivity contribution in [2.75, 3.05) is 13.1 Å². The highest BCUT2D eigenvalue weighted by molar-refractivity contribution is 7.89. The van der Waals surface area contributed by atoms with E-state index in [-0.39, 0.29) is 12.3 Å². The van der Waals surface area contributed by atoms with Crippen LogP contribution in [0.15, 0.2) is 17.0 Å². The summed E-state index contributed by atoms with van der Waals surface area (Å²) in [5.74, 6) is -0.967. The topological polar surface area (TPSA) is 74.7 Å². The Kier molecular flexibility index (Phi) is 4.39. The molecule has 1 aliphatic rings. The summed E-state index contributed by atoms with van der Waals surface area (Å²) in [6.45, 7) is 6.24. The normalized spacial score (nSPS) is 19.9. The molecule has 0 spiro atoms. The fraction of sp³-hybridized carbons (Fsp3) is 0.533. The van der Waals surface area contributed by atoms with Gasteiger partial charge >= 0.3 is 5.97 Å². The molecule has 2 rings (SSSR count). The first-order chi connectivity index (χ1) is 9.71. The van der Waals surface area contributed by atoms with Gasteiger partial charge in [-0.2, -0.15) is 4.31 Å². The lowest BCUT2D eigenvalue weighted by atomic mass is 10.1. The van der Waals surface area contributed by atoms with Crippen LogP contribution in [0.5, 0.6) is 0 Å². The SMILES string of the molecule is Cc1cc(C)c(S(=O)(=O)N2CCC(CC(=O)O)C2)c(C)c1. The molecule has 5 nitrogen and oxygen atoms in total. The Bertz CT molecular complexity index is 643. The number of hydrogen-bond acceptors (Lipinski definition) is 3. The van der Waals surface area contributed by atoms with Crippen molar-refractivity contribution in [1.82, 2.24) is 4.31 Å². The van der Waals surface area contributed by atoms with Gasteiger partial charge in [-0.3, -0.25) is 4.79 Å². The maximum Gasteiger partial charge on any atom is 0.303 e. The predicted molar refractivity (Wildman–Crippen MR) is 79.8 cm³/mol. The highest BCUT2D eigenvalue weighted by Gasteiger charge is 2.34. The highest BCUT2D eigenvalue weighted by atomic mass is 32.2. The van der Waals surface area contributed by atoms with Gasteiger partial charge in [0.2, 0.25) is 10.0 Å². The Morgan fingerprint density at radius 2 is 1.86 bits per heavy atom. The molecule has 1 N–H and O–H groups in total. The van der Waals surface area contributed by atoms with E-state index in [0.717, 1.165) is 16.7 Å². The maximum absolute atomic E-state index is 12.8. The van der Waals surface area contributed by atoms with E-state index in [0.29, 0.717) is 24.4 Å². The van der Waals surface area contributed by atoms with Gasteiger partial charge in [0.05, 0.1) is 4.90 Å². The van der Waals surface area contributed by atoms with Crippen molar-refractivity contribution in [3.8, 4) is 0 Å². The van der Waals surface area contributed by atoms with Crippen LogP contribution < -0.4 is 0 Å². The third-order valence-electron chi connectivity index (χ3n) is 3.91. The second kappa shape index (κ2) is 5.77. The molecule has 1 aromatic carbocycles. The zero-order valence-corrected chi connectivity index (χ0v) is 13.4. The van der Waals surface area contributed by atoms with Crippen LogP contribution >= 0.6 is 0 Å². The molecule has 0 radical (unpaired) electrons. The van der Waals surface area contributed by atoms with Crippen LogP contribution in [-0.4, -0.2) is 36.9 Å². The van der Waals surface area contributed by atoms with Crippen LogP contribution in [0.1, 0.15) is 29.5 Å². The number of carboxylic acids is 1. The van der Waals surface area contributed by atoms with Gasteiger partial charge in [-0.05, 0) is 44.2 Å². The van der Waals surface area contributed by atoms with Crippen LogP contribution in [0.2, 0.25) is 0 Å². The molecule has 116 valence electrons. The monoisotopic (exact) mass is 311 g/mol. The van der Waals surface area contributed by atoms with Crippen LogP contribution in [-0.2, 0) is 14.8 Å². The Morgan fingerprint density at radius 1 is 1.29 bits per heavy atom. The van der Waals surface area contributed by atoms with E-state index in [4.69, 9.17) is 5.11 Å².